The van der Waals surface area contributed by atoms with Gasteiger partial charge < -0.3 is 20.3 Å². The van der Waals surface area contributed by atoms with Crippen LogP contribution in [-0.2, 0) is 9.59 Å². The highest BCUT2D eigenvalue weighted by atomic mass is 19.1. The molecule has 3 aromatic rings. The van der Waals surface area contributed by atoms with Crippen molar-refractivity contribution < 1.29 is 23.5 Å². The van der Waals surface area contributed by atoms with Gasteiger partial charge in [0.1, 0.15) is 11.6 Å². The molecule has 7 nitrogen and oxygen atoms in total. The average Bonchev–Trinajstić information content (AvgIpc) is 2.91. The molecule has 0 atom stereocenters. The lowest BCUT2D eigenvalue weighted by molar-refractivity contribution is -0.133. The zero-order valence-electron chi connectivity index (χ0n) is 21.1. The number of amides is 3. The van der Waals surface area contributed by atoms with E-state index < -0.39 is 17.6 Å². The minimum Gasteiger partial charge on any atom is -0.496 e. The summed E-state index contributed by atoms with van der Waals surface area (Å²) < 4.78 is 18.9. The summed E-state index contributed by atoms with van der Waals surface area (Å²) >= 11 is 0. The number of hydrogen-bond acceptors (Lipinski definition) is 4. The Labute approximate surface area is 215 Å². The number of piperidine rings is 1. The van der Waals surface area contributed by atoms with Crippen molar-refractivity contribution in [2.45, 2.75) is 32.6 Å². The van der Waals surface area contributed by atoms with Gasteiger partial charge in [-0.1, -0.05) is 30.3 Å². The highest BCUT2D eigenvalue weighted by Crippen LogP contribution is 2.31. The SMILES string of the molecule is COc1ccc(F)cc1C(=O)N1CCC(c2ccc(NC(=O)C(=O)Nc3c(C)cccc3C)cc2)CC1. The number of halogens is 1. The van der Waals surface area contributed by atoms with E-state index in [9.17, 15) is 18.8 Å². The smallest absolute Gasteiger partial charge is 0.314 e. The van der Waals surface area contributed by atoms with Crippen molar-refractivity contribution in [3.8, 4) is 5.75 Å². The summed E-state index contributed by atoms with van der Waals surface area (Å²) in [4.78, 5) is 39.5. The van der Waals surface area contributed by atoms with E-state index in [4.69, 9.17) is 4.74 Å². The molecule has 0 spiro atoms. The van der Waals surface area contributed by atoms with Crippen LogP contribution in [0.4, 0.5) is 15.8 Å². The molecular formula is C29H30FN3O4. The predicted octanol–water partition coefficient (Wildman–Crippen LogP) is 5.05. The van der Waals surface area contributed by atoms with Crippen molar-refractivity contribution in [2.75, 3.05) is 30.8 Å². The van der Waals surface area contributed by atoms with Gasteiger partial charge in [-0.05, 0) is 79.6 Å². The molecule has 0 saturated carbocycles. The van der Waals surface area contributed by atoms with Crippen LogP contribution in [0.5, 0.6) is 5.75 Å². The molecule has 0 radical (unpaired) electrons. The lowest BCUT2D eigenvalue weighted by Crippen LogP contribution is -2.38. The first-order valence-corrected chi connectivity index (χ1v) is 12.2. The summed E-state index contributed by atoms with van der Waals surface area (Å²) in [5.41, 5.74) is 4.24. The number of benzene rings is 3. The Morgan fingerprint density at radius 1 is 0.892 bits per heavy atom. The van der Waals surface area contributed by atoms with Gasteiger partial charge in [-0.2, -0.15) is 0 Å². The number of hydrogen-bond donors (Lipinski definition) is 2. The van der Waals surface area contributed by atoms with Gasteiger partial charge in [0.05, 0.1) is 12.7 Å². The Hall–Kier alpha value is -4.20. The molecular weight excluding hydrogens is 473 g/mol. The van der Waals surface area contributed by atoms with E-state index in [0.29, 0.717) is 30.2 Å². The number of ether oxygens (including phenoxy) is 1. The van der Waals surface area contributed by atoms with E-state index >= 15 is 0 Å². The lowest BCUT2D eigenvalue weighted by Gasteiger charge is -2.32. The minimum absolute atomic E-state index is 0.225. The van der Waals surface area contributed by atoms with Crippen LogP contribution in [0.3, 0.4) is 0 Å². The summed E-state index contributed by atoms with van der Waals surface area (Å²) in [6, 6.07) is 17.0. The number of para-hydroxylation sites is 1. The van der Waals surface area contributed by atoms with Crippen LogP contribution in [0, 0.1) is 19.7 Å². The van der Waals surface area contributed by atoms with Crippen molar-refractivity contribution in [3.63, 3.8) is 0 Å². The molecule has 3 aromatic carbocycles. The van der Waals surface area contributed by atoms with Crippen LogP contribution in [-0.4, -0.2) is 42.8 Å². The topological polar surface area (TPSA) is 87.7 Å². The Kier molecular flexibility index (Phi) is 7.86. The Morgan fingerprint density at radius 3 is 2.14 bits per heavy atom. The van der Waals surface area contributed by atoms with Gasteiger partial charge in [-0.15, -0.1) is 0 Å². The molecule has 0 aliphatic carbocycles. The van der Waals surface area contributed by atoms with Crippen molar-refractivity contribution >= 4 is 29.1 Å². The van der Waals surface area contributed by atoms with Crippen LogP contribution in [0.25, 0.3) is 0 Å². The van der Waals surface area contributed by atoms with E-state index in [1.54, 1.807) is 17.0 Å². The quantitative estimate of drug-likeness (QED) is 0.477. The van der Waals surface area contributed by atoms with E-state index in [2.05, 4.69) is 10.6 Å². The minimum atomic E-state index is -0.741. The molecule has 3 amide bonds. The second-order valence-corrected chi connectivity index (χ2v) is 9.21. The van der Waals surface area contributed by atoms with Gasteiger partial charge in [0, 0.05) is 24.5 Å². The first kappa shape index (κ1) is 25.9. The normalized spacial score (nSPS) is 13.7. The molecule has 1 fully saturated rings. The number of anilines is 2. The molecule has 2 N–H and O–H groups in total. The zero-order chi connectivity index (χ0) is 26.5. The molecule has 1 heterocycles. The largest absolute Gasteiger partial charge is 0.496 e. The van der Waals surface area contributed by atoms with Gasteiger partial charge in [-0.25, -0.2) is 4.39 Å². The van der Waals surface area contributed by atoms with E-state index in [1.807, 2.05) is 44.2 Å². The first-order valence-electron chi connectivity index (χ1n) is 12.2. The second-order valence-electron chi connectivity index (χ2n) is 9.21. The average molecular weight is 504 g/mol. The standard InChI is InChI=1S/C29H30FN3O4/c1-18-5-4-6-19(2)26(18)32-28(35)27(34)31-23-10-7-20(8-11-23)21-13-15-33(16-14-21)29(36)24-17-22(30)9-12-25(24)37-3/h4-12,17,21H,13-16H2,1-3H3,(H,31,34)(H,32,35). The maximum absolute atomic E-state index is 13.7. The third-order valence-electron chi connectivity index (χ3n) is 6.74. The van der Waals surface area contributed by atoms with Gasteiger partial charge in [0.25, 0.3) is 5.91 Å². The molecule has 192 valence electrons. The van der Waals surface area contributed by atoms with Crippen molar-refractivity contribution in [1.29, 1.82) is 0 Å². The van der Waals surface area contributed by atoms with Gasteiger partial charge in [0.15, 0.2) is 0 Å². The first-order chi connectivity index (χ1) is 17.8. The monoisotopic (exact) mass is 503 g/mol. The third kappa shape index (κ3) is 5.97. The summed E-state index contributed by atoms with van der Waals surface area (Å²) in [6.07, 6.45) is 1.51. The number of carbonyl (C=O) groups excluding carboxylic acids is 3. The summed E-state index contributed by atoms with van der Waals surface area (Å²) in [5.74, 6) is -1.59. The number of nitrogens with one attached hydrogen (secondary N) is 2. The molecule has 1 saturated heterocycles. The fourth-order valence-electron chi connectivity index (χ4n) is 4.64. The fraction of sp³-hybridized carbons (Fsp3) is 0.276. The number of rotatable bonds is 5. The maximum atomic E-state index is 13.7. The zero-order valence-corrected chi connectivity index (χ0v) is 21.1. The molecule has 0 unspecified atom stereocenters. The highest BCUT2D eigenvalue weighted by Gasteiger charge is 2.26. The fourth-order valence-corrected chi connectivity index (χ4v) is 4.64. The van der Waals surface area contributed by atoms with Crippen molar-refractivity contribution in [1.82, 2.24) is 4.90 Å². The molecule has 8 heteroatoms. The molecule has 0 aromatic heterocycles. The van der Waals surface area contributed by atoms with E-state index in [0.717, 1.165) is 29.5 Å². The summed E-state index contributed by atoms with van der Waals surface area (Å²) in [6.45, 7) is 4.83. The van der Waals surface area contributed by atoms with Crippen LogP contribution in [0.1, 0.15) is 45.8 Å². The molecule has 0 bridgehead atoms. The predicted molar refractivity (Wildman–Crippen MR) is 140 cm³/mol. The Morgan fingerprint density at radius 2 is 1.51 bits per heavy atom. The van der Waals surface area contributed by atoms with Crippen LogP contribution >= 0.6 is 0 Å². The van der Waals surface area contributed by atoms with Crippen LogP contribution in [0.2, 0.25) is 0 Å². The van der Waals surface area contributed by atoms with Gasteiger partial charge >= 0.3 is 11.8 Å². The van der Waals surface area contributed by atoms with Crippen molar-refractivity contribution in [2.24, 2.45) is 0 Å². The summed E-state index contributed by atoms with van der Waals surface area (Å²) in [5, 5.41) is 5.33. The number of carbonyl (C=O) groups is 3. The Bertz CT molecular complexity index is 1290. The number of nitrogens with zero attached hydrogens (tertiary/aromatic N) is 1. The number of likely N-dealkylation sites (tertiary alicyclic amines) is 1. The van der Waals surface area contributed by atoms with Gasteiger partial charge in [-0.3, -0.25) is 14.4 Å². The van der Waals surface area contributed by atoms with E-state index in [1.165, 1.54) is 25.3 Å². The summed E-state index contributed by atoms with van der Waals surface area (Å²) in [7, 11) is 1.46. The number of aryl methyl sites for hydroxylation is 2. The highest BCUT2D eigenvalue weighted by molar-refractivity contribution is 6.43. The molecule has 1 aliphatic rings. The lowest BCUT2D eigenvalue weighted by atomic mass is 9.89. The second kappa shape index (κ2) is 11.2. The molecule has 4 rings (SSSR count). The van der Waals surface area contributed by atoms with Gasteiger partial charge in [0.2, 0.25) is 0 Å². The van der Waals surface area contributed by atoms with Crippen molar-refractivity contribution in [3.05, 3.63) is 88.7 Å². The Balaban J connectivity index is 1.32. The maximum Gasteiger partial charge on any atom is 0.314 e. The van der Waals surface area contributed by atoms with Crippen LogP contribution < -0.4 is 15.4 Å². The molecule has 1 aliphatic heterocycles. The van der Waals surface area contributed by atoms with E-state index in [-0.39, 0.29) is 17.4 Å². The molecule has 37 heavy (non-hydrogen) atoms. The van der Waals surface area contributed by atoms with Crippen LogP contribution in [0.15, 0.2) is 60.7 Å². The third-order valence-corrected chi connectivity index (χ3v) is 6.74. The number of methoxy groups -OCH3 is 1.